The summed E-state index contributed by atoms with van der Waals surface area (Å²) in [5.41, 5.74) is 12.1. The molecule has 0 spiro atoms. The third-order valence-corrected chi connectivity index (χ3v) is 15.3. The fourth-order valence-corrected chi connectivity index (χ4v) is 8.96. The van der Waals surface area contributed by atoms with Crippen molar-refractivity contribution in [2.24, 2.45) is 0 Å². The van der Waals surface area contributed by atoms with Crippen LogP contribution in [0, 0.1) is 83.1 Å². The number of nitrogens with zero attached hydrogens (tertiary/aromatic N) is 6. The quantitative estimate of drug-likeness (QED) is 0.0467. The van der Waals surface area contributed by atoms with E-state index >= 15 is 0 Å². The molecule has 0 bridgehead atoms. The number of phenolic OH excluding ortho intramolecular Hbond substituents is 8. The van der Waals surface area contributed by atoms with Crippen molar-refractivity contribution in [3.63, 3.8) is 0 Å². The molecule has 92 heavy (non-hydrogen) atoms. The van der Waals surface area contributed by atoms with Crippen LogP contribution >= 0.6 is 0 Å². The molecule has 0 saturated carbocycles. The standard InChI is InChI=1S/2C14H10.C12H12N2.2C8H12N2.C8H10O4.2C7H8O2/c2*1-2-6-12-10-14-8-4-3-7-13(14)9-11(12)5-1;1(11-3-7-13-8-4-11)2-12-5-9-14-10-6-12;2*1-5-6(2)10-8(4)7(3)9-5;1-3-5(9)7(11)4(2)8(12)6(3)10;2*1-5-6(8)3-2-4-7(5)9/h2*1-10H;3-10H,1-2H2;2*1-4H3;9-12H,1-2H3;2*2-4,8-9H,1H3. The van der Waals surface area contributed by atoms with E-state index in [9.17, 15) is 20.4 Å². The summed E-state index contributed by atoms with van der Waals surface area (Å²) < 4.78 is 0. The fourth-order valence-electron chi connectivity index (χ4n) is 8.96. The molecule has 0 aliphatic rings. The van der Waals surface area contributed by atoms with Crippen molar-refractivity contribution in [2.45, 2.75) is 95.9 Å². The van der Waals surface area contributed by atoms with E-state index in [1.807, 2.05) is 80.2 Å². The highest BCUT2D eigenvalue weighted by Gasteiger charge is 2.17. The molecule has 472 valence electrons. The van der Waals surface area contributed by atoms with Crippen molar-refractivity contribution in [3.8, 4) is 46.0 Å². The summed E-state index contributed by atoms with van der Waals surface area (Å²) in [5, 5.41) is 82.9. The minimum absolute atomic E-state index is 0.0654. The Hall–Kier alpha value is -11.1. The largest absolute Gasteiger partial charge is 0.508 e. The summed E-state index contributed by atoms with van der Waals surface area (Å²) in [6, 6.07) is 60.4. The fraction of sp³-hybridized carbons (Fsp3) is 0.179. The van der Waals surface area contributed by atoms with Crippen molar-refractivity contribution >= 4 is 43.1 Å². The Morgan fingerprint density at radius 3 is 0.587 bits per heavy atom. The smallest absolute Gasteiger partial charge is 0.164 e. The maximum atomic E-state index is 9.17. The highest BCUT2D eigenvalue weighted by Crippen LogP contribution is 2.45. The number of aryl methyl sites for hydroxylation is 10. The third-order valence-electron chi connectivity index (χ3n) is 15.3. The van der Waals surface area contributed by atoms with E-state index in [0.29, 0.717) is 11.1 Å². The number of hydrogen-bond acceptors (Lipinski definition) is 14. The zero-order chi connectivity index (χ0) is 67.0. The molecular formula is C78H82N6O8. The van der Waals surface area contributed by atoms with Crippen LogP contribution in [0.15, 0.2) is 207 Å². The summed E-state index contributed by atoms with van der Waals surface area (Å²) in [6.45, 7) is 21.9. The second-order valence-electron chi connectivity index (χ2n) is 21.9. The topological polar surface area (TPSA) is 239 Å². The van der Waals surface area contributed by atoms with Gasteiger partial charge >= 0.3 is 0 Å². The molecule has 14 nitrogen and oxygen atoms in total. The number of aromatic nitrogens is 6. The Morgan fingerprint density at radius 1 is 0.228 bits per heavy atom. The van der Waals surface area contributed by atoms with Crippen LogP contribution in [0.1, 0.15) is 78.9 Å². The van der Waals surface area contributed by atoms with E-state index in [1.165, 1.54) is 92.3 Å². The van der Waals surface area contributed by atoms with Crippen LogP contribution < -0.4 is 0 Å². The van der Waals surface area contributed by atoms with Gasteiger partial charge in [-0.25, -0.2) is 0 Å². The van der Waals surface area contributed by atoms with Gasteiger partial charge in [0.25, 0.3) is 0 Å². The van der Waals surface area contributed by atoms with Crippen LogP contribution in [0.25, 0.3) is 43.1 Å². The van der Waals surface area contributed by atoms with Gasteiger partial charge in [0.05, 0.1) is 45.6 Å². The molecule has 0 aliphatic carbocycles. The SMILES string of the molecule is Cc1c(O)c(O)c(C)c(O)c1O.Cc1c(O)cccc1O.Cc1c(O)cccc1O.Cc1nc(C)c(C)nc1C.Cc1nc(C)c(C)nc1C.c1cc(CCc2ccncc2)ccn1.c1ccc2cc3ccccc3cc2c1.c1ccc2cc3ccccc3cc2c1. The maximum absolute atomic E-state index is 9.17. The molecule has 4 heterocycles. The number of benzene rings is 9. The first-order chi connectivity index (χ1) is 43.9. The highest BCUT2D eigenvalue weighted by molar-refractivity contribution is 5.99. The summed E-state index contributed by atoms with van der Waals surface area (Å²) in [6.07, 6.45) is 9.46. The van der Waals surface area contributed by atoms with E-state index in [2.05, 4.69) is 175 Å². The molecule has 0 atom stereocenters. The summed E-state index contributed by atoms with van der Waals surface area (Å²) in [7, 11) is 0. The van der Waals surface area contributed by atoms with Gasteiger partial charge in [-0.3, -0.25) is 29.9 Å². The zero-order valence-electron chi connectivity index (χ0n) is 54.3. The van der Waals surface area contributed by atoms with Crippen LogP contribution in [0.5, 0.6) is 46.0 Å². The van der Waals surface area contributed by atoms with Crippen molar-refractivity contribution in [1.29, 1.82) is 0 Å². The van der Waals surface area contributed by atoms with Gasteiger partial charge in [-0.05, 0) is 223 Å². The molecule has 0 aliphatic heterocycles. The molecule has 4 aromatic heterocycles. The minimum atomic E-state index is -0.400. The normalized spacial score (nSPS) is 10.2. The molecule has 0 radical (unpaired) electrons. The number of phenols is 8. The Bertz CT molecular complexity index is 3830. The van der Waals surface area contributed by atoms with Crippen LogP contribution in [-0.2, 0) is 12.8 Å². The highest BCUT2D eigenvalue weighted by atomic mass is 16.3. The average molecular weight is 1230 g/mol. The monoisotopic (exact) mass is 1230 g/mol. The first-order valence-electron chi connectivity index (χ1n) is 29.9. The van der Waals surface area contributed by atoms with E-state index in [1.54, 1.807) is 26.0 Å². The molecule has 13 aromatic rings. The summed E-state index contributed by atoms with van der Waals surface area (Å²) >= 11 is 0. The summed E-state index contributed by atoms with van der Waals surface area (Å²) in [5.74, 6) is -1.06. The van der Waals surface area contributed by atoms with E-state index in [-0.39, 0.29) is 34.1 Å². The summed E-state index contributed by atoms with van der Waals surface area (Å²) in [4.78, 5) is 25.2. The molecule has 0 fully saturated rings. The van der Waals surface area contributed by atoms with Crippen LogP contribution in [0.4, 0.5) is 0 Å². The molecule has 14 heteroatoms. The number of hydrogen-bond donors (Lipinski definition) is 8. The van der Waals surface area contributed by atoms with Gasteiger partial charge in [-0.15, -0.1) is 0 Å². The zero-order valence-corrected chi connectivity index (χ0v) is 54.3. The van der Waals surface area contributed by atoms with Crippen LogP contribution in [0.3, 0.4) is 0 Å². The van der Waals surface area contributed by atoms with Gasteiger partial charge in [-0.2, -0.15) is 0 Å². The van der Waals surface area contributed by atoms with E-state index in [4.69, 9.17) is 20.4 Å². The Morgan fingerprint density at radius 2 is 0.413 bits per heavy atom. The van der Waals surface area contributed by atoms with Crippen LogP contribution in [-0.4, -0.2) is 70.8 Å². The Balaban J connectivity index is 0.000000168. The first-order valence-corrected chi connectivity index (χ1v) is 29.9. The predicted molar refractivity (Wildman–Crippen MR) is 372 cm³/mol. The van der Waals surface area contributed by atoms with Gasteiger partial charge < -0.3 is 40.9 Å². The van der Waals surface area contributed by atoms with Crippen molar-refractivity contribution in [2.75, 3.05) is 0 Å². The molecule has 13 rings (SSSR count). The van der Waals surface area contributed by atoms with Gasteiger partial charge in [-0.1, -0.05) is 109 Å². The molecule has 9 aromatic carbocycles. The Labute approximate surface area is 538 Å². The second kappa shape index (κ2) is 34.0. The molecular weight excluding hydrogens is 1150 g/mol. The van der Waals surface area contributed by atoms with Crippen molar-refractivity contribution in [1.82, 2.24) is 29.9 Å². The average Bonchev–Trinajstić information content (AvgIpc) is 0.923. The van der Waals surface area contributed by atoms with Gasteiger partial charge in [0.2, 0.25) is 0 Å². The number of pyridine rings is 2. The number of rotatable bonds is 3. The lowest BCUT2D eigenvalue weighted by Crippen LogP contribution is -1.97. The lowest BCUT2D eigenvalue weighted by atomic mass is 10.0. The van der Waals surface area contributed by atoms with Crippen LogP contribution in [0.2, 0.25) is 0 Å². The van der Waals surface area contributed by atoms with Gasteiger partial charge in [0.1, 0.15) is 23.0 Å². The molecule has 0 amide bonds. The van der Waals surface area contributed by atoms with E-state index in [0.717, 1.165) is 58.4 Å². The first kappa shape index (κ1) is 70.0. The van der Waals surface area contributed by atoms with Crippen molar-refractivity contribution < 1.29 is 40.9 Å². The lowest BCUT2D eigenvalue weighted by Gasteiger charge is -2.09. The van der Waals surface area contributed by atoms with Crippen molar-refractivity contribution in [3.05, 3.63) is 286 Å². The second-order valence-corrected chi connectivity index (χ2v) is 21.9. The van der Waals surface area contributed by atoms with E-state index < -0.39 is 23.0 Å². The molecule has 0 unspecified atom stereocenters. The van der Waals surface area contributed by atoms with Gasteiger partial charge in [0, 0.05) is 47.0 Å². The maximum Gasteiger partial charge on any atom is 0.164 e. The minimum Gasteiger partial charge on any atom is -0.508 e. The Kier molecular flexibility index (Phi) is 25.9. The predicted octanol–water partition coefficient (Wildman–Crippen LogP) is 17.6. The molecule has 8 N–H and O–H groups in total. The molecule has 0 saturated heterocycles. The number of aromatic hydroxyl groups is 8. The van der Waals surface area contributed by atoms with Gasteiger partial charge in [0.15, 0.2) is 23.0 Å². The lowest BCUT2D eigenvalue weighted by molar-refractivity contribution is 0.364. The number of fused-ring (bicyclic) bond motifs is 4. The third kappa shape index (κ3) is 20.2.